The number of hydrogen-bond acceptors (Lipinski definition) is 6. The largest absolute Gasteiger partial charge is 0.451 e. The second-order valence-corrected chi connectivity index (χ2v) is 11.1. The highest BCUT2D eigenvalue weighted by atomic mass is 32.2. The van der Waals surface area contributed by atoms with Gasteiger partial charge in [0.15, 0.2) is 15.6 Å². The summed E-state index contributed by atoms with van der Waals surface area (Å²) in [5.74, 6) is 1.01. The highest BCUT2D eigenvalue weighted by molar-refractivity contribution is 8.00. The molecule has 4 rings (SSSR count). The molecule has 0 aliphatic carbocycles. The van der Waals surface area contributed by atoms with Crippen molar-refractivity contribution in [2.45, 2.75) is 16.4 Å². The molecule has 1 saturated heterocycles. The van der Waals surface area contributed by atoms with E-state index in [0.717, 1.165) is 10.9 Å². The van der Waals surface area contributed by atoms with Crippen molar-refractivity contribution in [3.63, 3.8) is 0 Å². The zero-order chi connectivity index (χ0) is 18.9. The van der Waals surface area contributed by atoms with E-state index >= 15 is 0 Å². The summed E-state index contributed by atoms with van der Waals surface area (Å²) in [5, 5.41) is 5.84. The van der Waals surface area contributed by atoms with Gasteiger partial charge in [-0.1, -0.05) is 24.3 Å². The van der Waals surface area contributed by atoms with Crippen molar-refractivity contribution in [2.24, 2.45) is 5.92 Å². The predicted molar refractivity (Wildman–Crippen MR) is 109 cm³/mol. The molecule has 1 aliphatic rings. The lowest BCUT2D eigenvalue weighted by atomic mass is 10.1. The Morgan fingerprint density at radius 2 is 2.11 bits per heavy atom. The van der Waals surface area contributed by atoms with E-state index in [4.69, 9.17) is 4.42 Å². The number of fused-ring (bicyclic) bond motifs is 1. The summed E-state index contributed by atoms with van der Waals surface area (Å²) >= 11 is 3.34. The SMILES string of the molecule is O=C(NCC1CCS(=O)(=O)C1)c1oc2ccccc2c1CSc1cccs1. The Kier molecular flexibility index (Phi) is 5.29. The maximum absolute atomic E-state index is 12.8. The summed E-state index contributed by atoms with van der Waals surface area (Å²) in [6.45, 7) is 0.354. The van der Waals surface area contributed by atoms with Gasteiger partial charge in [0, 0.05) is 23.2 Å². The number of sulfone groups is 1. The lowest BCUT2D eigenvalue weighted by molar-refractivity contribution is 0.0922. The minimum absolute atomic E-state index is 0.0210. The van der Waals surface area contributed by atoms with Crippen LogP contribution in [0.3, 0.4) is 0 Å². The Labute approximate surface area is 166 Å². The molecule has 1 N–H and O–H groups in total. The molecule has 2 aromatic heterocycles. The number of thiophene rings is 1. The van der Waals surface area contributed by atoms with Gasteiger partial charge in [-0.15, -0.1) is 23.1 Å². The van der Waals surface area contributed by atoms with Crippen LogP contribution in [0.25, 0.3) is 11.0 Å². The first-order valence-electron chi connectivity index (χ1n) is 8.67. The van der Waals surface area contributed by atoms with Crippen LogP contribution >= 0.6 is 23.1 Å². The third-order valence-electron chi connectivity index (χ3n) is 4.64. The van der Waals surface area contributed by atoms with Gasteiger partial charge in [0.2, 0.25) is 0 Å². The third kappa shape index (κ3) is 4.23. The number of rotatable bonds is 6. The first-order chi connectivity index (χ1) is 13.0. The second kappa shape index (κ2) is 7.69. The van der Waals surface area contributed by atoms with Gasteiger partial charge >= 0.3 is 0 Å². The smallest absolute Gasteiger partial charge is 0.287 e. The lowest BCUT2D eigenvalue weighted by Crippen LogP contribution is -2.30. The van der Waals surface area contributed by atoms with Crippen LogP contribution in [0.1, 0.15) is 22.5 Å². The summed E-state index contributed by atoms with van der Waals surface area (Å²) in [6.07, 6.45) is 0.601. The van der Waals surface area contributed by atoms with Crippen LogP contribution in [0.15, 0.2) is 50.4 Å². The van der Waals surface area contributed by atoms with Crippen molar-refractivity contribution in [3.8, 4) is 0 Å². The van der Waals surface area contributed by atoms with Crippen LogP contribution in [-0.2, 0) is 15.6 Å². The molecule has 0 spiro atoms. The number of amides is 1. The van der Waals surface area contributed by atoms with Crippen LogP contribution in [-0.4, -0.2) is 32.4 Å². The molecule has 27 heavy (non-hydrogen) atoms. The van der Waals surface area contributed by atoms with Gasteiger partial charge in [-0.2, -0.15) is 0 Å². The highest BCUT2D eigenvalue weighted by Gasteiger charge is 2.29. The monoisotopic (exact) mass is 421 g/mol. The van der Waals surface area contributed by atoms with Gasteiger partial charge < -0.3 is 9.73 Å². The van der Waals surface area contributed by atoms with Gasteiger partial charge in [0.1, 0.15) is 5.58 Å². The normalized spacial score (nSPS) is 18.7. The van der Waals surface area contributed by atoms with Crippen molar-refractivity contribution < 1.29 is 17.6 Å². The minimum Gasteiger partial charge on any atom is -0.451 e. The van der Waals surface area contributed by atoms with E-state index in [1.165, 1.54) is 4.21 Å². The summed E-state index contributed by atoms with van der Waals surface area (Å²) in [7, 11) is -2.95. The third-order valence-corrected chi connectivity index (χ3v) is 8.63. The second-order valence-electron chi connectivity index (χ2n) is 6.61. The number of hydrogen-bond donors (Lipinski definition) is 1. The first-order valence-corrected chi connectivity index (χ1v) is 12.4. The van der Waals surface area contributed by atoms with Gasteiger partial charge in [-0.3, -0.25) is 4.79 Å². The molecule has 1 unspecified atom stereocenters. The molecule has 8 heteroatoms. The Bertz CT molecular complexity index is 1050. The van der Waals surface area contributed by atoms with Crippen LogP contribution in [0.5, 0.6) is 0 Å². The van der Waals surface area contributed by atoms with E-state index in [1.54, 1.807) is 23.1 Å². The molecule has 1 amide bonds. The molecule has 1 aromatic carbocycles. The highest BCUT2D eigenvalue weighted by Crippen LogP contribution is 2.33. The zero-order valence-electron chi connectivity index (χ0n) is 14.5. The van der Waals surface area contributed by atoms with Crippen LogP contribution < -0.4 is 5.32 Å². The average molecular weight is 422 g/mol. The van der Waals surface area contributed by atoms with E-state index in [2.05, 4.69) is 11.4 Å². The topological polar surface area (TPSA) is 76.4 Å². The van der Waals surface area contributed by atoms with E-state index in [1.807, 2.05) is 35.7 Å². The standard InChI is InChI=1S/C19H19NO4S3/c21-19(20-10-13-7-9-27(22,23)12-13)18-15(11-26-17-6-3-8-25-17)14-4-1-2-5-16(14)24-18/h1-6,8,13H,7,9-12H2,(H,20,21). The molecule has 1 aliphatic heterocycles. The Morgan fingerprint density at radius 1 is 1.26 bits per heavy atom. The van der Waals surface area contributed by atoms with Gasteiger partial charge in [-0.05, 0) is 29.9 Å². The summed E-state index contributed by atoms with van der Waals surface area (Å²) in [4.78, 5) is 12.8. The number of carbonyl (C=O) groups excluding carboxylic acids is 1. The zero-order valence-corrected chi connectivity index (χ0v) is 17.0. The van der Waals surface area contributed by atoms with Crippen LogP contribution in [0.2, 0.25) is 0 Å². The fraction of sp³-hybridized carbons (Fsp3) is 0.316. The van der Waals surface area contributed by atoms with E-state index in [0.29, 0.717) is 30.1 Å². The summed E-state index contributed by atoms with van der Waals surface area (Å²) in [5.41, 5.74) is 1.56. The van der Waals surface area contributed by atoms with E-state index in [-0.39, 0.29) is 23.3 Å². The van der Waals surface area contributed by atoms with Crippen molar-refractivity contribution in [3.05, 3.63) is 53.1 Å². The molecular weight excluding hydrogens is 402 g/mol. The molecule has 3 heterocycles. The number of nitrogens with one attached hydrogen (secondary N) is 1. The quantitative estimate of drug-likeness (QED) is 0.610. The fourth-order valence-corrected chi connectivity index (χ4v) is 6.94. The van der Waals surface area contributed by atoms with Gasteiger partial charge in [0.25, 0.3) is 5.91 Å². The Morgan fingerprint density at radius 3 is 2.85 bits per heavy atom. The predicted octanol–water partition coefficient (Wildman–Crippen LogP) is 3.95. The molecule has 5 nitrogen and oxygen atoms in total. The summed E-state index contributed by atoms with van der Waals surface area (Å²) < 4.78 is 30.2. The number of furan rings is 1. The molecular formula is C19H19NO4S3. The van der Waals surface area contributed by atoms with Crippen molar-refractivity contribution in [1.29, 1.82) is 0 Å². The fourth-order valence-electron chi connectivity index (χ4n) is 3.26. The van der Waals surface area contributed by atoms with E-state index < -0.39 is 9.84 Å². The molecule has 0 saturated carbocycles. The van der Waals surface area contributed by atoms with Crippen molar-refractivity contribution >= 4 is 49.8 Å². The molecule has 3 aromatic rings. The lowest BCUT2D eigenvalue weighted by Gasteiger charge is -2.09. The van der Waals surface area contributed by atoms with Crippen LogP contribution in [0, 0.1) is 5.92 Å². The molecule has 0 radical (unpaired) electrons. The number of benzene rings is 1. The molecule has 142 valence electrons. The Hall–Kier alpha value is -1.77. The number of para-hydroxylation sites is 1. The van der Waals surface area contributed by atoms with Gasteiger partial charge in [-0.25, -0.2) is 8.42 Å². The van der Waals surface area contributed by atoms with E-state index in [9.17, 15) is 13.2 Å². The van der Waals surface area contributed by atoms with Crippen LogP contribution in [0.4, 0.5) is 0 Å². The van der Waals surface area contributed by atoms with Crippen molar-refractivity contribution in [1.82, 2.24) is 5.32 Å². The molecule has 0 bridgehead atoms. The number of thioether (sulfide) groups is 1. The minimum atomic E-state index is -2.95. The number of carbonyl (C=O) groups is 1. The average Bonchev–Trinajstić information content (AvgIpc) is 3.36. The molecule has 1 atom stereocenters. The Balaban J connectivity index is 1.52. The van der Waals surface area contributed by atoms with Crippen molar-refractivity contribution in [2.75, 3.05) is 18.1 Å². The summed E-state index contributed by atoms with van der Waals surface area (Å²) in [6, 6.07) is 11.7. The first kappa shape index (κ1) is 18.6. The maximum atomic E-state index is 12.8. The van der Waals surface area contributed by atoms with Gasteiger partial charge in [0.05, 0.1) is 15.7 Å². The molecule has 1 fully saturated rings. The maximum Gasteiger partial charge on any atom is 0.287 e.